The molecular formula is C10H20N4O11P2. The van der Waals surface area contributed by atoms with Gasteiger partial charge in [-0.2, -0.15) is 4.31 Å². The van der Waals surface area contributed by atoms with Gasteiger partial charge in [0.15, 0.2) is 0 Å². The Bertz CT molecular complexity index is 676. The Morgan fingerprint density at radius 3 is 2.56 bits per heavy atom. The second-order valence-electron chi connectivity index (χ2n) is 6.10. The fourth-order valence-electron chi connectivity index (χ4n) is 3.14. The van der Waals surface area contributed by atoms with E-state index >= 15 is 0 Å². The number of carbonyl (C=O) groups excluding carboxylic acids is 1. The normalized spacial score (nSPS) is 39.8. The number of nitrogens with zero attached hydrogens (tertiary/aromatic N) is 1. The smallest absolute Gasteiger partial charge is 0.387 e. The monoisotopic (exact) mass is 434 g/mol. The molecule has 3 heterocycles. The summed E-state index contributed by atoms with van der Waals surface area (Å²) in [5, 5.41) is 28.9. The van der Waals surface area contributed by atoms with Crippen LogP contribution in [-0.4, -0.2) is 92.4 Å². The predicted molar refractivity (Wildman–Crippen MR) is 83.1 cm³/mol. The first kappa shape index (κ1) is 21.2. The zero-order chi connectivity index (χ0) is 20.0. The number of amides is 1. The third-order valence-corrected chi connectivity index (χ3v) is 6.45. The molecule has 8 N–H and O–H groups in total. The molecule has 3 unspecified atom stereocenters. The lowest BCUT2D eigenvalue weighted by molar-refractivity contribution is -0.130. The van der Waals surface area contributed by atoms with Crippen LogP contribution in [0.5, 0.6) is 0 Å². The molecule has 27 heavy (non-hydrogen) atoms. The maximum atomic E-state index is 11.8. The number of hydrogen-bond acceptors (Lipinski definition) is 11. The molecule has 0 bridgehead atoms. The van der Waals surface area contributed by atoms with Crippen LogP contribution in [0.4, 0.5) is 0 Å². The summed E-state index contributed by atoms with van der Waals surface area (Å²) in [4.78, 5) is 39.8. The van der Waals surface area contributed by atoms with Crippen molar-refractivity contribution in [1.82, 2.24) is 20.9 Å². The van der Waals surface area contributed by atoms with Gasteiger partial charge in [-0.3, -0.25) is 20.0 Å². The molecule has 0 aromatic rings. The molecule has 0 aromatic carbocycles. The third-order valence-electron chi connectivity index (χ3n) is 4.30. The number of ether oxygens (including phenoxy) is 1. The highest BCUT2D eigenvalue weighted by molar-refractivity contribution is 7.60. The van der Waals surface area contributed by atoms with Crippen molar-refractivity contribution in [2.45, 2.75) is 36.7 Å². The largest absolute Gasteiger partial charge is 0.481 e. The molecule has 15 nitrogen and oxygen atoms in total. The fourth-order valence-corrected chi connectivity index (χ4v) is 4.74. The number of nitrogens with one attached hydrogen (secondary N) is 3. The zero-order valence-electron chi connectivity index (χ0n) is 13.6. The van der Waals surface area contributed by atoms with E-state index in [-0.39, 0.29) is 19.2 Å². The van der Waals surface area contributed by atoms with Crippen LogP contribution in [0.25, 0.3) is 0 Å². The maximum absolute atomic E-state index is 11.8. The number of hydrogen-bond donors (Lipinski definition) is 8. The van der Waals surface area contributed by atoms with E-state index in [1.54, 1.807) is 4.90 Å². The number of phosphoric acid groups is 2. The van der Waals surface area contributed by atoms with Gasteiger partial charge >= 0.3 is 15.6 Å². The summed E-state index contributed by atoms with van der Waals surface area (Å²) < 4.78 is 35.7. The average Bonchev–Trinajstić information content (AvgIpc) is 3.07. The first-order chi connectivity index (χ1) is 12.5. The molecule has 3 rings (SSSR count). The van der Waals surface area contributed by atoms with Crippen molar-refractivity contribution in [3.05, 3.63) is 0 Å². The summed E-state index contributed by atoms with van der Waals surface area (Å²) in [5.41, 5.74) is 0. The highest BCUT2D eigenvalue weighted by atomic mass is 31.3. The summed E-state index contributed by atoms with van der Waals surface area (Å²) in [6.07, 6.45) is -5.85. The highest BCUT2D eigenvalue weighted by Crippen LogP contribution is 2.57. The van der Waals surface area contributed by atoms with E-state index < -0.39 is 59.0 Å². The minimum Gasteiger partial charge on any atom is -0.387 e. The summed E-state index contributed by atoms with van der Waals surface area (Å²) in [7, 11) is -10.4. The lowest BCUT2D eigenvalue weighted by Gasteiger charge is -2.35. The zero-order valence-corrected chi connectivity index (χ0v) is 15.4. The molecule has 0 spiro atoms. The first-order valence-electron chi connectivity index (χ1n) is 7.74. The number of aliphatic hydroxyl groups excluding tert-OH is 2. The number of phosphoric ester groups is 1. The van der Waals surface area contributed by atoms with Crippen LogP contribution in [0, 0.1) is 0 Å². The van der Waals surface area contributed by atoms with E-state index in [1.165, 1.54) is 0 Å². The Morgan fingerprint density at radius 1 is 1.19 bits per heavy atom. The Balaban J connectivity index is 1.62. The van der Waals surface area contributed by atoms with Gasteiger partial charge in [0.05, 0.1) is 26.1 Å². The second-order valence-corrected chi connectivity index (χ2v) is 8.93. The Hall–Kier alpha value is -0.510. The van der Waals surface area contributed by atoms with Gasteiger partial charge in [-0.15, -0.1) is 0 Å². The van der Waals surface area contributed by atoms with E-state index in [0.717, 1.165) is 0 Å². The SMILES string of the molecule is O=C1NCNC2C1NCN2[C@@H]1O[C@H](COP(=O)(O)OP(=O)(O)O)[C@@H](O)[C@H]1O. The summed E-state index contributed by atoms with van der Waals surface area (Å²) in [6.45, 7) is -0.438. The van der Waals surface area contributed by atoms with Crippen molar-refractivity contribution < 1.29 is 52.4 Å². The van der Waals surface area contributed by atoms with Crippen LogP contribution in [0.15, 0.2) is 0 Å². The van der Waals surface area contributed by atoms with Crippen molar-refractivity contribution in [2.24, 2.45) is 0 Å². The lowest BCUT2D eigenvalue weighted by atomic mass is 10.1. The molecule has 17 heteroatoms. The van der Waals surface area contributed by atoms with Crippen LogP contribution in [0.1, 0.15) is 0 Å². The van der Waals surface area contributed by atoms with E-state index in [9.17, 15) is 29.0 Å². The van der Waals surface area contributed by atoms with Crippen LogP contribution in [0.3, 0.4) is 0 Å². The summed E-state index contributed by atoms with van der Waals surface area (Å²) in [6, 6.07) is -0.601. The number of rotatable bonds is 6. The van der Waals surface area contributed by atoms with Gasteiger partial charge in [0.25, 0.3) is 0 Å². The van der Waals surface area contributed by atoms with Crippen LogP contribution in [0.2, 0.25) is 0 Å². The highest BCUT2D eigenvalue weighted by Gasteiger charge is 2.52. The molecule has 3 saturated heterocycles. The van der Waals surface area contributed by atoms with E-state index in [4.69, 9.17) is 14.5 Å². The molecule has 0 saturated carbocycles. The number of carbonyl (C=O) groups is 1. The van der Waals surface area contributed by atoms with Crippen molar-refractivity contribution >= 4 is 21.6 Å². The van der Waals surface area contributed by atoms with Crippen molar-refractivity contribution in [1.29, 1.82) is 0 Å². The standard InChI is InChI=1S/C10H20N4O11P2/c15-6-4(1-23-27(21,22)25-26(18,19)20)24-10(7(6)16)14-3-13-5-8(14)11-2-12-9(5)17/h4-8,10-11,13,15-16H,1-3H2,(H,12,17)(H,21,22)(H2,18,19,20)/t4-,5?,6-,7-,8?,10-/m1/s1. The molecule has 0 aliphatic carbocycles. The number of aliphatic hydroxyl groups is 2. The van der Waals surface area contributed by atoms with Gasteiger partial charge < -0.3 is 34.9 Å². The summed E-state index contributed by atoms with van der Waals surface area (Å²) in [5.74, 6) is -0.245. The van der Waals surface area contributed by atoms with Gasteiger partial charge in [-0.1, -0.05) is 0 Å². The molecule has 7 atom stereocenters. The number of fused-ring (bicyclic) bond motifs is 1. The van der Waals surface area contributed by atoms with Crippen molar-refractivity contribution in [3.8, 4) is 0 Å². The Labute approximate surface area is 152 Å². The van der Waals surface area contributed by atoms with Gasteiger partial charge in [0.1, 0.15) is 30.6 Å². The van der Waals surface area contributed by atoms with E-state index in [1.807, 2.05) is 0 Å². The van der Waals surface area contributed by atoms with Gasteiger partial charge in [-0.25, -0.2) is 14.0 Å². The summed E-state index contributed by atoms with van der Waals surface area (Å²) >= 11 is 0. The van der Waals surface area contributed by atoms with Crippen LogP contribution >= 0.6 is 15.6 Å². The van der Waals surface area contributed by atoms with E-state index in [0.29, 0.717) is 0 Å². The Kier molecular flexibility index (Phi) is 6.07. The van der Waals surface area contributed by atoms with Gasteiger partial charge in [0.2, 0.25) is 5.91 Å². The Morgan fingerprint density at radius 2 is 1.89 bits per heavy atom. The van der Waals surface area contributed by atoms with Crippen molar-refractivity contribution in [2.75, 3.05) is 19.9 Å². The minimum absolute atomic E-state index is 0.150. The quantitative estimate of drug-likeness (QED) is 0.186. The first-order valence-corrected chi connectivity index (χ1v) is 10.8. The van der Waals surface area contributed by atoms with Gasteiger partial charge in [0, 0.05) is 0 Å². The third kappa shape index (κ3) is 4.74. The minimum atomic E-state index is -5.28. The van der Waals surface area contributed by atoms with Crippen LogP contribution < -0.4 is 16.0 Å². The fraction of sp³-hybridized carbons (Fsp3) is 0.900. The molecule has 0 radical (unpaired) electrons. The molecule has 3 fully saturated rings. The topological polar surface area (TPSA) is 219 Å². The molecule has 3 aliphatic heterocycles. The maximum Gasteiger partial charge on any atom is 0.481 e. The van der Waals surface area contributed by atoms with Crippen LogP contribution in [-0.2, 0) is 27.5 Å². The molecule has 1 amide bonds. The molecule has 3 aliphatic rings. The predicted octanol–water partition coefficient (Wildman–Crippen LogP) is -4.11. The molecule has 156 valence electrons. The second kappa shape index (κ2) is 7.72. The average molecular weight is 434 g/mol. The molecular weight excluding hydrogens is 414 g/mol. The molecule has 0 aromatic heterocycles. The van der Waals surface area contributed by atoms with Crippen molar-refractivity contribution in [3.63, 3.8) is 0 Å². The van der Waals surface area contributed by atoms with E-state index in [2.05, 4.69) is 24.8 Å². The van der Waals surface area contributed by atoms with Gasteiger partial charge in [-0.05, 0) is 0 Å². The lowest BCUT2D eigenvalue weighted by Crippen LogP contribution is -2.64.